The van der Waals surface area contributed by atoms with Gasteiger partial charge in [0.25, 0.3) is 0 Å². The number of ketones is 1. The molecule has 110 valence electrons. The van der Waals surface area contributed by atoms with Crippen LogP contribution in [0.4, 0.5) is 10.1 Å². The molecular formula is C17H13FN2O2. The summed E-state index contributed by atoms with van der Waals surface area (Å²) >= 11 is 0. The summed E-state index contributed by atoms with van der Waals surface area (Å²) in [6.45, 7) is 1.86. The monoisotopic (exact) mass is 296 g/mol. The van der Waals surface area contributed by atoms with Gasteiger partial charge in [-0.25, -0.2) is 4.39 Å². The molecule has 4 nitrogen and oxygen atoms in total. The Balaban J connectivity index is 2.17. The summed E-state index contributed by atoms with van der Waals surface area (Å²) in [6.07, 6.45) is 0. The summed E-state index contributed by atoms with van der Waals surface area (Å²) < 4.78 is 12.9. The van der Waals surface area contributed by atoms with E-state index in [1.807, 2.05) is 13.0 Å². The van der Waals surface area contributed by atoms with Crippen LogP contribution < -0.4 is 5.32 Å². The zero-order valence-electron chi connectivity index (χ0n) is 11.8. The van der Waals surface area contributed by atoms with E-state index in [9.17, 15) is 14.0 Å². The minimum absolute atomic E-state index is 0.118. The average Bonchev–Trinajstić information content (AvgIpc) is 2.48. The van der Waals surface area contributed by atoms with E-state index in [0.717, 1.165) is 17.7 Å². The number of rotatable bonds is 4. The number of benzene rings is 2. The first-order chi connectivity index (χ1) is 10.5. The van der Waals surface area contributed by atoms with Gasteiger partial charge in [0.05, 0.1) is 6.07 Å². The van der Waals surface area contributed by atoms with Crippen molar-refractivity contribution in [3.63, 3.8) is 0 Å². The Bertz CT molecular complexity index is 748. The van der Waals surface area contributed by atoms with Crippen LogP contribution in [0.25, 0.3) is 0 Å². The summed E-state index contributed by atoms with van der Waals surface area (Å²) in [4.78, 5) is 24.3. The van der Waals surface area contributed by atoms with E-state index >= 15 is 0 Å². The molecule has 2 aromatic rings. The molecule has 0 heterocycles. The second kappa shape index (κ2) is 6.64. The molecule has 0 aliphatic carbocycles. The van der Waals surface area contributed by atoms with E-state index in [1.54, 1.807) is 24.3 Å². The molecule has 2 rings (SSSR count). The third kappa shape index (κ3) is 3.55. The molecule has 1 N–H and O–H groups in total. The lowest BCUT2D eigenvalue weighted by atomic mass is 9.98. The van der Waals surface area contributed by atoms with Crippen molar-refractivity contribution in [2.75, 3.05) is 5.32 Å². The Morgan fingerprint density at radius 3 is 2.45 bits per heavy atom. The molecular weight excluding hydrogens is 283 g/mol. The van der Waals surface area contributed by atoms with Crippen molar-refractivity contribution in [3.05, 3.63) is 65.5 Å². The van der Waals surface area contributed by atoms with E-state index in [0.29, 0.717) is 5.69 Å². The number of hydrogen-bond donors (Lipinski definition) is 1. The normalized spacial score (nSPS) is 11.3. The van der Waals surface area contributed by atoms with Crippen molar-refractivity contribution in [2.45, 2.75) is 6.92 Å². The molecule has 0 saturated carbocycles. The van der Waals surface area contributed by atoms with Crippen LogP contribution in [-0.4, -0.2) is 11.7 Å². The van der Waals surface area contributed by atoms with Crippen molar-refractivity contribution in [2.24, 2.45) is 5.92 Å². The largest absolute Gasteiger partial charge is 0.325 e. The van der Waals surface area contributed by atoms with Crippen LogP contribution in [0.3, 0.4) is 0 Å². The summed E-state index contributed by atoms with van der Waals surface area (Å²) in [5.74, 6) is -3.34. The predicted molar refractivity (Wildman–Crippen MR) is 79.6 cm³/mol. The Morgan fingerprint density at radius 1 is 1.18 bits per heavy atom. The maximum absolute atomic E-state index is 12.9. The molecule has 1 amide bonds. The molecule has 0 saturated heterocycles. The fraction of sp³-hybridized carbons (Fsp3) is 0.118. The van der Waals surface area contributed by atoms with Crippen LogP contribution in [0.5, 0.6) is 0 Å². The maximum Gasteiger partial charge on any atom is 0.249 e. The van der Waals surface area contributed by atoms with Crippen LogP contribution in [0.1, 0.15) is 15.9 Å². The molecule has 22 heavy (non-hydrogen) atoms. The van der Waals surface area contributed by atoms with Crippen LogP contribution in [0.15, 0.2) is 48.5 Å². The first kappa shape index (κ1) is 15.4. The first-order valence-corrected chi connectivity index (χ1v) is 6.58. The highest BCUT2D eigenvalue weighted by molar-refractivity contribution is 6.15. The lowest BCUT2D eigenvalue weighted by molar-refractivity contribution is -0.117. The number of hydrogen-bond acceptors (Lipinski definition) is 3. The third-order valence-corrected chi connectivity index (χ3v) is 3.07. The van der Waals surface area contributed by atoms with Crippen LogP contribution in [0.2, 0.25) is 0 Å². The van der Waals surface area contributed by atoms with Crippen LogP contribution >= 0.6 is 0 Å². The van der Waals surface area contributed by atoms with Gasteiger partial charge >= 0.3 is 0 Å². The van der Waals surface area contributed by atoms with Crippen molar-refractivity contribution in [3.8, 4) is 6.07 Å². The highest BCUT2D eigenvalue weighted by Crippen LogP contribution is 2.14. The molecule has 1 unspecified atom stereocenters. The zero-order valence-corrected chi connectivity index (χ0v) is 11.8. The number of Topliss-reactive ketones (excluding diaryl/α,β-unsaturated/α-hetero) is 1. The van der Waals surface area contributed by atoms with Crippen molar-refractivity contribution >= 4 is 17.4 Å². The lowest BCUT2D eigenvalue weighted by Crippen LogP contribution is -2.28. The Hall–Kier alpha value is -3.00. The van der Waals surface area contributed by atoms with Gasteiger partial charge in [-0.05, 0) is 48.9 Å². The Labute approximate surface area is 127 Å². The van der Waals surface area contributed by atoms with E-state index < -0.39 is 23.4 Å². The van der Waals surface area contributed by atoms with E-state index in [4.69, 9.17) is 5.26 Å². The summed E-state index contributed by atoms with van der Waals surface area (Å²) in [5, 5.41) is 11.6. The van der Waals surface area contributed by atoms with E-state index in [2.05, 4.69) is 5.32 Å². The number of carbonyl (C=O) groups excluding carboxylic acids is 2. The number of carbonyl (C=O) groups is 2. The van der Waals surface area contributed by atoms with Gasteiger partial charge in [-0.1, -0.05) is 12.1 Å². The fourth-order valence-electron chi connectivity index (χ4n) is 1.95. The first-order valence-electron chi connectivity index (χ1n) is 6.58. The lowest BCUT2D eigenvalue weighted by Gasteiger charge is -2.10. The molecule has 0 aliphatic heterocycles. The van der Waals surface area contributed by atoms with Crippen molar-refractivity contribution in [1.29, 1.82) is 5.26 Å². The smallest absolute Gasteiger partial charge is 0.249 e. The molecule has 5 heteroatoms. The van der Waals surface area contributed by atoms with Gasteiger partial charge in [-0.2, -0.15) is 5.26 Å². The van der Waals surface area contributed by atoms with E-state index in [1.165, 1.54) is 12.1 Å². The maximum atomic E-state index is 12.9. The van der Waals surface area contributed by atoms with Crippen molar-refractivity contribution in [1.82, 2.24) is 0 Å². The van der Waals surface area contributed by atoms with Gasteiger partial charge < -0.3 is 5.32 Å². The highest BCUT2D eigenvalue weighted by Gasteiger charge is 2.27. The molecule has 0 radical (unpaired) electrons. The molecule has 2 aromatic carbocycles. The molecule has 0 fully saturated rings. The second-order valence-corrected chi connectivity index (χ2v) is 4.79. The van der Waals surface area contributed by atoms with Crippen LogP contribution in [0, 0.1) is 30.0 Å². The number of nitrogens with zero attached hydrogens (tertiary/aromatic N) is 1. The summed E-state index contributed by atoms with van der Waals surface area (Å²) in [7, 11) is 0. The number of halogens is 1. The molecule has 0 spiro atoms. The average molecular weight is 296 g/mol. The van der Waals surface area contributed by atoms with Gasteiger partial charge in [0.2, 0.25) is 5.91 Å². The third-order valence-electron chi connectivity index (χ3n) is 3.07. The minimum atomic E-state index is -1.48. The van der Waals surface area contributed by atoms with Gasteiger partial charge in [0, 0.05) is 11.3 Å². The SMILES string of the molecule is Cc1cccc(NC(=O)C(C#N)C(=O)c2ccc(F)cc2)c1. The second-order valence-electron chi connectivity index (χ2n) is 4.79. The topological polar surface area (TPSA) is 70.0 Å². The van der Waals surface area contributed by atoms with Gasteiger partial charge in [0.15, 0.2) is 11.7 Å². The number of amides is 1. The minimum Gasteiger partial charge on any atom is -0.325 e. The number of nitriles is 1. The van der Waals surface area contributed by atoms with Crippen LogP contribution in [-0.2, 0) is 4.79 Å². The molecule has 0 bridgehead atoms. The van der Waals surface area contributed by atoms with E-state index in [-0.39, 0.29) is 5.56 Å². The quantitative estimate of drug-likeness (QED) is 0.696. The summed E-state index contributed by atoms with van der Waals surface area (Å²) in [5.41, 5.74) is 1.57. The molecule has 0 aliphatic rings. The molecule has 1 atom stereocenters. The van der Waals surface area contributed by atoms with Crippen molar-refractivity contribution < 1.29 is 14.0 Å². The number of aryl methyl sites for hydroxylation is 1. The highest BCUT2D eigenvalue weighted by atomic mass is 19.1. The number of nitrogens with one attached hydrogen (secondary N) is 1. The Kier molecular flexibility index (Phi) is 4.64. The summed E-state index contributed by atoms with van der Waals surface area (Å²) in [6, 6.07) is 13.4. The molecule has 0 aromatic heterocycles. The predicted octanol–water partition coefficient (Wildman–Crippen LogP) is 3.10. The standard InChI is InChI=1S/C17H13FN2O2/c1-11-3-2-4-14(9-11)20-17(22)15(10-19)16(21)12-5-7-13(18)8-6-12/h2-9,15H,1H3,(H,20,22). The van der Waals surface area contributed by atoms with Gasteiger partial charge in [0.1, 0.15) is 5.82 Å². The van der Waals surface area contributed by atoms with Gasteiger partial charge in [-0.3, -0.25) is 9.59 Å². The number of anilines is 1. The Morgan fingerprint density at radius 2 is 1.86 bits per heavy atom. The fourth-order valence-corrected chi connectivity index (χ4v) is 1.95. The zero-order chi connectivity index (χ0) is 16.1. The van der Waals surface area contributed by atoms with Gasteiger partial charge in [-0.15, -0.1) is 0 Å².